The predicted molar refractivity (Wildman–Crippen MR) is 172 cm³/mol. The molecular weight excluding hydrogens is 576 g/mol. The molecule has 1 aliphatic heterocycles. The fourth-order valence-corrected chi connectivity index (χ4v) is 7.14. The van der Waals surface area contributed by atoms with Crippen molar-refractivity contribution in [1.29, 1.82) is 0 Å². The number of anilines is 1. The van der Waals surface area contributed by atoms with Gasteiger partial charge < -0.3 is 24.1 Å². The van der Waals surface area contributed by atoms with Gasteiger partial charge in [0.2, 0.25) is 5.91 Å². The van der Waals surface area contributed by atoms with E-state index in [1.807, 2.05) is 16.8 Å². The van der Waals surface area contributed by atoms with Crippen LogP contribution in [0.5, 0.6) is 0 Å². The number of nitrogens with zero attached hydrogens (tertiary/aromatic N) is 3. The number of aromatic nitrogens is 3. The summed E-state index contributed by atoms with van der Waals surface area (Å²) in [5.41, 5.74) is 4.83. The fraction of sp³-hybridized carbons (Fsp3) is 0.515. The number of amides is 1. The molecule has 1 N–H and O–H groups in total. The number of benzene rings is 1. The summed E-state index contributed by atoms with van der Waals surface area (Å²) in [7, 11) is -1.18. The van der Waals surface area contributed by atoms with Gasteiger partial charge in [-0.15, -0.1) is 6.58 Å². The lowest BCUT2D eigenvalue weighted by molar-refractivity contribution is -0.151. The first-order valence-corrected chi connectivity index (χ1v) is 19.3. The Kier molecular flexibility index (Phi) is 9.17. The van der Waals surface area contributed by atoms with E-state index in [4.69, 9.17) is 19.3 Å². The van der Waals surface area contributed by atoms with Crippen LogP contribution in [0.1, 0.15) is 49.8 Å². The highest BCUT2D eigenvalue weighted by Crippen LogP contribution is 2.49. The first-order valence-electron chi connectivity index (χ1n) is 15.6. The first-order chi connectivity index (χ1) is 21.0. The molecule has 0 bridgehead atoms. The van der Waals surface area contributed by atoms with Crippen LogP contribution in [0.4, 0.5) is 5.69 Å². The third kappa shape index (κ3) is 6.12. The van der Waals surface area contributed by atoms with Crippen molar-refractivity contribution in [3.8, 4) is 11.4 Å². The zero-order valence-corrected chi connectivity index (χ0v) is 27.6. The van der Waals surface area contributed by atoms with E-state index in [0.717, 1.165) is 59.8 Å². The van der Waals surface area contributed by atoms with Crippen molar-refractivity contribution in [3.05, 3.63) is 47.7 Å². The van der Waals surface area contributed by atoms with E-state index < -0.39 is 25.4 Å². The van der Waals surface area contributed by atoms with Gasteiger partial charge in [-0.1, -0.05) is 25.7 Å². The summed E-state index contributed by atoms with van der Waals surface area (Å²) in [5.74, 6) is -1.41. The van der Waals surface area contributed by atoms with Crippen molar-refractivity contribution in [2.24, 2.45) is 0 Å². The van der Waals surface area contributed by atoms with Crippen LogP contribution in [0, 0.1) is 0 Å². The molecule has 0 unspecified atom stereocenters. The van der Waals surface area contributed by atoms with Crippen LogP contribution < -0.4 is 4.90 Å². The molecule has 2 aromatic heterocycles. The number of aryl methyl sites for hydroxylation is 2. The number of hydrogen-bond acceptors (Lipinski definition) is 7. The standard InChI is InChI=1S/C33H44N4O6Si/c1-7-13-37-27-16-24-23-12-10-11-22-20-36(21-41-14-15-44(4,5)6)35-30(22)31(23)34-26(24)17-25(27)33(32(37)40,18-28(38)42-8-2)19-29(39)43-9-3/h7,16-17,20,34H,1,8-15,18-19,21H2,2-6H3. The van der Waals surface area contributed by atoms with Gasteiger partial charge in [0.15, 0.2) is 0 Å². The number of carbonyl (C=O) groups is 3. The highest BCUT2D eigenvalue weighted by atomic mass is 28.3. The van der Waals surface area contributed by atoms with Crippen molar-refractivity contribution < 1.29 is 28.6 Å². The largest absolute Gasteiger partial charge is 0.466 e. The maximum absolute atomic E-state index is 14.2. The van der Waals surface area contributed by atoms with Crippen LogP contribution in [0.25, 0.3) is 22.3 Å². The average Bonchev–Trinajstić information content (AvgIpc) is 3.54. The summed E-state index contributed by atoms with van der Waals surface area (Å²) < 4.78 is 18.4. The molecule has 0 saturated heterocycles. The quantitative estimate of drug-likeness (QED) is 0.116. The van der Waals surface area contributed by atoms with Crippen LogP contribution in [0.15, 0.2) is 31.0 Å². The van der Waals surface area contributed by atoms with E-state index in [2.05, 4.69) is 37.4 Å². The van der Waals surface area contributed by atoms with Crippen LogP contribution >= 0.6 is 0 Å². The summed E-state index contributed by atoms with van der Waals surface area (Å²) in [6, 6.07) is 5.04. The second-order valence-electron chi connectivity index (χ2n) is 12.9. The van der Waals surface area contributed by atoms with Gasteiger partial charge in [-0.05, 0) is 68.0 Å². The Morgan fingerprint density at radius 2 is 1.82 bits per heavy atom. The molecule has 44 heavy (non-hydrogen) atoms. The molecular formula is C33H44N4O6Si. The van der Waals surface area contributed by atoms with Gasteiger partial charge in [0.25, 0.3) is 0 Å². The minimum absolute atomic E-state index is 0.173. The molecule has 1 amide bonds. The summed E-state index contributed by atoms with van der Waals surface area (Å²) in [6.45, 7) is 16.0. The maximum atomic E-state index is 14.2. The average molecular weight is 621 g/mol. The second kappa shape index (κ2) is 12.7. The normalized spacial score (nSPS) is 15.5. The molecule has 5 rings (SSSR count). The fourth-order valence-electron chi connectivity index (χ4n) is 6.38. The van der Waals surface area contributed by atoms with Crippen molar-refractivity contribution in [3.63, 3.8) is 0 Å². The Hall–Kier alpha value is -3.70. The zero-order valence-electron chi connectivity index (χ0n) is 26.6. The van der Waals surface area contributed by atoms with Gasteiger partial charge in [0.1, 0.15) is 12.4 Å². The summed E-state index contributed by atoms with van der Waals surface area (Å²) in [4.78, 5) is 45.2. The van der Waals surface area contributed by atoms with E-state index in [1.54, 1.807) is 24.8 Å². The minimum Gasteiger partial charge on any atom is -0.466 e. The molecule has 10 nitrogen and oxygen atoms in total. The van der Waals surface area contributed by atoms with Crippen molar-refractivity contribution >= 4 is 42.5 Å². The number of carbonyl (C=O) groups excluding carboxylic acids is 3. The van der Waals surface area contributed by atoms with Crippen molar-refractivity contribution in [2.45, 2.75) is 83.8 Å². The topological polar surface area (TPSA) is 116 Å². The summed E-state index contributed by atoms with van der Waals surface area (Å²) >= 11 is 0. The minimum atomic E-state index is -1.45. The molecule has 236 valence electrons. The lowest BCUT2D eigenvalue weighted by Gasteiger charge is -2.27. The number of esters is 2. The van der Waals surface area contributed by atoms with Gasteiger partial charge >= 0.3 is 11.9 Å². The van der Waals surface area contributed by atoms with Crippen LogP contribution in [-0.2, 0) is 53.6 Å². The zero-order chi connectivity index (χ0) is 31.6. The highest BCUT2D eigenvalue weighted by molar-refractivity contribution is 6.76. The molecule has 0 radical (unpaired) electrons. The number of ether oxygens (including phenoxy) is 3. The smallest absolute Gasteiger partial charge is 0.307 e. The Bertz CT molecular complexity index is 1560. The summed E-state index contributed by atoms with van der Waals surface area (Å²) in [5, 5.41) is 5.93. The number of nitrogens with one attached hydrogen (secondary N) is 1. The SMILES string of the molecule is C=CCN1C(=O)C(CC(=O)OCC)(CC(=O)OCC)c2cc3[nH]c4c(c3cc21)CCCc1cn(COCC[Si](C)(C)C)nc1-4. The highest BCUT2D eigenvalue weighted by Gasteiger charge is 2.54. The van der Waals surface area contributed by atoms with Crippen LogP contribution in [-0.4, -0.2) is 67.0 Å². The van der Waals surface area contributed by atoms with E-state index in [1.165, 1.54) is 5.56 Å². The number of rotatable bonds is 13. The molecule has 3 aromatic rings. The monoisotopic (exact) mass is 620 g/mol. The predicted octanol–water partition coefficient (Wildman–Crippen LogP) is 5.51. The molecule has 1 aromatic carbocycles. The van der Waals surface area contributed by atoms with Gasteiger partial charge in [-0.2, -0.15) is 5.10 Å². The van der Waals surface area contributed by atoms with Gasteiger partial charge in [0.05, 0.1) is 37.2 Å². The maximum Gasteiger partial charge on any atom is 0.307 e. The lowest BCUT2D eigenvalue weighted by atomic mass is 9.75. The Labute approximate surface area is 259 Å². The number of hydrogen-bond donors (Lipinski definition) is 1. The van der Waals surface area contributed by atoms with Crippen molar-refractivity contribution in [2.75, 3.05) is 31.3 Å². The van der Waals surface area contributed by atoms with E-state index in [-0.39, 0.29) is 38.5 Å². The molecule has 0 saturated carbocycles. The van der Waals surface area contributed by atoms with Crippen molar-refractivity contribution in [1.82, 2.24) is 14.8 Å². The number of fused-ring (bicyclic) bond motifs is 6. The number of H-pyrrole nitrogens is 1. The molecule has 0 atom stereocenters. The van der Waals surface area contributed by atoms with Gasteiger partial charge in [-0.3, -0.25) is 14.4 Å². The summed E-state index contributed by atoms with van der Waals surface area (Å²) in [6.07, 6.45) is 5.91. The molecule has 0 spiro atoms. The van der Waals surface area contributed by atoms with Gasteiger partial charge in [-0.25, -0.2) is 4.68 Å². The molecule has 11 heteroatoms. The third-order valence-electron chi connectivity index (χ3n) is 8.46. The van der Waals surface area contributed by atoms with E-state index >= 15 is 0 Å². The Morgan fingerprint density at radius 1 is 1.11 bits per heavy atom. The molecule has 0 fully saturated rings. The molecule has 1 aliphatic carbocycles. The Morgan fingerprint density at radius 3 is 2.45 bits per heavy atom. The second-order valence-corrected chi connectivity index (χ2v) is 18.5. The third-order valence-corrected chi connectivity index (χ3v) is 10.2. The van der Waals surface area contributed by atoms with Crippen LogP contribution in [0.2, 0.25) is 25.7 Å². The molecule has 2 aliphatic rings. The van der Waals surface area contributed by atoms with Gasteiger partial charge in [0, 0.05) is 44.0 Å². The lowest BCUT2D eigenvalue weighted by Crippen LogP contribution is -2.44. The van der Waals surface area contributed by atoms with E-state index in [9.17, 15) is 14.4 Å². The number of aromatic amines is 1. The van der Waals surface area contributed by atoms with Crippen LogP contribution in [0.3, 0.4) is 0 Å². The Balaban J connectivity index is 1.59. The molecule has 3 heterocycles. The van der Waals surface area contributed by atoms with E-state index in [0.29, 0.717) is 18.0 Å². The first kappa shape index (κ1) is 31.7.